The number of aryl methyl sites for hydroxylation is 1. The molecule has 0 aliphatic heterocycles. The van der Waals surface area contributed by atoms with Crippen LogP contribution in [-0.4, -0.2) is 7.11 Å². The molecule has 2 rings (SSSR count). The Morgan fingerprint density at radius 3 is 2.71 bits per heavy atom. The Morgan fingerprint density at radius 1 is 1.35 bits per heavy atom. The highest BCUT2D eigenvalue weighted by Gasteiger charge is 2.17. The molecule has 1 heterocycles. The monoisotopic (exact) mass is 267 g/mol. The number of rotatable bonds is 3. The van der Waals surface area contributed by atoms with Crippen LogP contribution >= 0.6 is 22.9 Å². The van der Waals surface area contributed by atoms with Gasteiger partial charge >= 0.3 is 0 Å². The van der Waals surface area contributed by atoms with Crippen molar-refractivity contribution in [2.45, 2.75) is 13.0 Å². The van der Waals surface area contributed by atoms with Crippen LogP contribution in [0.1, 0.15) is 22.0 Å². The topological polar surface area (TPSA) is 35.2 Å². The maximum Gasteiger partial charge on any atom is 0.124 e. The highest BCUT2D eigenvalue weighted by molar-refractivity contribution is 7.10. The maximum atomic E-state index is 6.25. The van der Waals surface area contributed by atoms with Gasteiger partial charge in [-0.2, -0.15) is 0 Å². The first-order chi connectivity index (χ1) is 8.13. The van der Waals surface area contributed by atoms with Gasteiger partial charge in [0.25, 0.3) is 0 Å². The summed E-state index contributed by atoms with van der Waals surface area (Å²) in [7, 11) is 1.65. The number of halogens is 1. The quantitative estimate of drug-likeness (QED) is 0.919. The van der Waals surface area contributed by atoms with Crippen molar-refractivity contribution in [1.82, 2.24) is 0 Å². The maximum absolute atomic E-state index is 6.25. The van der Waals surface area contributed by atoms with Crippen molar-refractivity contribution in [3.8, 4) is 5.75 Å². The fourth-order valence-corrected chi connectivity index (χ4v) is 2.96. The van der Waals surface area contributed by atoms with Crippen LogP contribution < -0.4 is 10.5 Å². The second-order valence-corrected chi connectivity index (χ2v) is 5.21. The molecule has 0 spiro atoms. The first-order valence-corrected chi connectivity index (χ1v) is 6.52. The third kappa shape index (κ3) is 2.46. The van der Waals surface area contributed by atoms with E-state index in [0.717, 1.165) is 21.8 Å². The number of nitrogens with two attached hydrogens (primary N) is 1. The van der Waals surface area contributed by atoms with E-state index in [-0.39, 0.29) is 6.04 Å². The molecule has 1 atom stereocenters. The lowest BCUT2D eigenvalue weighted by atomic mass is 10.0. The molecule has 0 aliphatic rings. The molecule has 0 radical (unpaired) electrons. The van der Waals surface area contributed by atoms with Crippen LogP contribution in [0.25, 0.3) is 0 Å². The largest absolute Gasteiger partial charge is 0.496 e. The first kappa shape index (κ1) is 12.4. The molecular weight excluding hydrogens is 254 g/mol. The number of ether oxygens (including phenoxy) is 1. The van der Waals surface area contributed by atoms with Crippen molar-refractivity contribution in [2.75, 3.05) is 7.11 Å². The zero-order chi connectivity index (χ0) is 12.4. The second kappa shape index (κ2) is 5.08. The molecule has 2 nitrogen and oxygen atoms in total. The van der Waals surface area contributed by atoms with Crippen LogP contribution in [0.4, 0.5) is 0 Å². The fraction of sp³-hybridized carbons (Fsp3) is 0.231. The summed E-state index contributed by atoms with van der Waals surface area (Å²) in [5.74, 6) is 0.799. The first-order valence-electron chi connectivity index (χ1n) is 5.26. The number of hydrogen-bond acceptors (Lipinski definition) is 3. The number of thiophene rings is 1. The predicted molar refractivity (Wildman–Crippen MR) is 73.1 cm³/mol. The van der Waals surface area contributed by atoms with Crippen LogP contribution in [-0.2, 0) is 0 Å². The summed E-state index contributed by atoms with van der Waals surface area (Å²) in [6, 6.07) is 7.61. The molecule has 0 bridgehead atoms. The highest BCUT2D eigenvalue weighted by Crippen LogP contribution is 2.35. The van der Waals surface area contributed by atoms with Crippen molar-refractivity contribution >= 4 is 22.9 Å². The molecule has 1 unspecified atom stereocenters. The van der Waals surface area contributed by atoms with Gasteiger partial charge in [-0.05, 0) is 24.4 Å². The van der Waals surface area contributed by atoms with Gasteiger partial charge in [0, 0.05) is 10.4 Å². The summed E-state index contributed by atoms with van der Waals surface area (Å²) in [4.78, 5) is 0.968. The Kier molecular flexibility index (Phi) is 3.72. The highest BCUT2D eigenvalue weighted by atomic mass is 35.5. The standard InChI is InChI=1S/C13H14ClNOS/c1-8-3-4-11(16-2)9(7-8)12(15)13-10(14)5-6-17-13/h3-7,12H,15H2,1-2H3. The molecule has 4 heteroatoms. The number of hydrogen-bond donors (Lipinski definition) is 1. The Hall–Kier alpha value is -1.03. The van der Waals surface area contributed by atoms with Gasteiger partial charge in [-0.25, -0.2) is 0 Å². The van der Waals surface area contributed by atoms with Crippen LogP contribution in [0.2, 0.25) is 5.02 Å². The Balaban J connectivity index is 2.46. The summed E-state index contributed by atoms with van der Waals surface area (Å²) in [5, 5.41) is 2.66. The van der Waals surface area contributed by atoms with Crippen molar-refractivity contribution in [1.29, 1.82) is 0 Å². The van der Waals surface area contributed by atoms with Crippen LogP contribution in [0.3, 0.4) is 0 Å². The van der Waals surface area contributed by atoms with E-state index in [1.807, 2.05) is 36.6 Å². The van der Waals surface area contributed by atoms with E-state index < -0.39 is 0 Å². The van der Waals surface area contributed by atoms with E-state index in [9.17, 15) is 0 Å². The third-order valence-electron chi connectivity index (χ3n) is 2.65. The van der Waals surface area contributed by atoms with Gasteiger partial charge in [-0.1, -0.05) is 29.3 Å². The van der Waals surface area contributed by atoms with Gasteiger partial charge in [-0.3, -0.25) is 0 Å². The lowest BCUT2D eigenvalue weighted by Crippen LogP contribution is -2.12. The molecule has 0 fully saturated rings. The molecule has 0 amide bonds. The number of benzene rings is 1. The van der Waals surface area contributed by atoms with E-state index in [4.69, 9.17) is 22.1 Å². The molecule has 17 heavy (non-hydrogen) atoms. The van der Waals surface area contributed by atoms with Crippen LogP contribution in [0, 0.1) is 6.92 Å². The van der Waals surface area contributed by atoms with Crippen LogP contribution in [0.15, 0.2) is 29.6 Å². The minimum absolute atomic E-state index is 0.239. The predicted octanol–water partition coefficient (Wildman–Crippen LogP) is 3.77. The fourth-order valence-electron chi connectivity index (χ4n) is 1.77. The molecule has 90 valence electrons. The summed E-state index contributed by atoms with van der Waals surface area (Å²) >= 11 is 7.67. The van der Waals surface area contributed by atoms with Crippen molar-refractivity contribution in [3.05, 3.63) is 50.7 Å². The Morgan fingerprint density at radius 2 is 2.12 bits per heavy atom. The van der Waals surface area contributed by atoms with Gasteiger partial charge in [0.2, 0.25) is 0 Å². The minimum atomic E-state index is -0.239. The average Bonchev–Trinajstić information content (AvgIpc) is 2.74. The molecule has 1 aromatic carbocycles. The molecule has 2 aromatic rings. The average molecular weight is 268 g/mol. The lowest BCUT2D eigenvalue weighted by Gasteiger charge is -2.15. The van der Waals surface area contributed by atoms with E-state index >= 15 is 0 Å². The van der Waals surface area contributed by atoms with Crippen molar-refractivity contribution < 1.29 is 4.74 Å². The molecule has 2 N–H and O–H groups in total. The van der Waals surface area contributed by atoms with Gasteiger partial charge in [0.1, 0.15) is 5.75 Å². The van der Waals surface area contributed by atoms with Gasteiger partial charge in [0.15, 0.2) is 0 Å². The Bertz CT molecular complexity index is 524. The van der Waals surface area contributed by atoms with Crippen molar-refractivity contribution in [2.24, 2.45) is 5.73 Å². The minimum Gasteiger partial charge on any atom is -0.496 e. The summed E-state index contributed by atoms with van der Waals surface area (Å²) in [6.45, 7) is 2.03. The third-order valence-corrected chi connectivity index (χ3v) is 4.09. The van der Waals surface area contributed by atoms with Crippen molar-refractivity contribution in [3.63, 3.8) is 0 Å². The van der Waals surface area contributed by atoms with Gasteiger partial charge in [0.05, 0.1) is 18.2 Å². The molecule has 0 saturated heterocycles. The molecular formula is C13H14ClNOS. The van der Waals surface area contributed by atoms with E-state index in [0.29, 0.717) is 5.02 Å². The van der Waals surface area contributed by atoms with E-state index in [1.165, 1.54) is 0 Å². The smallest absolute Gasteiger partial charge is 0.124 e. The second-order valence-electron chi connectivity index (χ2n) is 3.86. The molecule has 0 aliphatic carbocycles. The van der Waals surface area contributed by atoms with E-state index in [1.54, 1.807) is 18.4 Å². The zero-order valence-electron chi connectivity index (χ0n) is 9.74. The number of methoxy groups -OCH3 is 1. The summed E-state index contributed by atoms with van der Waals surface area (Å²) in [6.07, 6.45) is 0. The van der Waals surface area contributed by atoms with Gasteiger partial charge in [-0.15, -0.1) is 11.3 Å². The molecule has 1 aromatic heterocycles. The van der Waals surface area contributed by atoms with E-state index in [2.05, 4.69) is 0 Å². The lowest BCUT2D eigenvalue weighted by molar-refractivity contribution is 0.408. The van der Waals surface area contributed by atoms with Gasteiger partial charge < -0.3 is 10.5 Å². The molecule has 0 saturated carbocycles. The summed E-state index contributed by atoms with van der Waals surface area (Å²) < 4.78 is 5.34. The normalized spacial score (nSPS) is 12.5. The Labute approximate surface area is 110 Å². The zero-order valence-corrected chi connectivity index (χ0v) is 11.3. The SMILES string of the molecule is COc1ccc(C)cc1C(N)c1sccc1Cl. The summed E-state index contributed by atoms with van der Waals surface area (Å²) in [5.41, 5.74) is 8.38. The van der Waals surface area contributed by atoms with Crippen LogP contribution in [0.5, 0.6) is 5.75 Å².